The molecule has 1 atom stereocenters. The molecule has 6 nitrogen and oxygen atoms in total. The average molecular weight is 408 g/mol. The molecule has 0 bridgehead atoms. The summed E-state index contributed by atoms with van der Waals surface area (Å²) >= 11 is 0. The second kappa shape index (κ2) is 8.69. The fraction of sp³-hybridized carbons (Fsp3) is 0.375. The van der Waals surface area contributed by atoms with Gasteiger partial charge in [-0.3, -0.25) is 14.4 Å². The summed E-state index contributed by atoms with van der Waals surface area (Å²) in [6.07, 6.45) is 1.90. The molecule has 0 heterocycles. The van der Waals surface area contributed by atoms with Crippen LogP contribution in [0.3, 0.4) is 0 Å². The van der Waals surface area contributed by atoms with E-state index < -0.39 is 6.04 Å². The maximum absolute atomic E-state index is 12.4. The van der Waals surface area contributed by atoms with Crippen molar-refractivity contribution in [3.8, 4) is 0 Å². The summed E-state index contributed by atoms with van der Waals surface area (Å²) in [5, 5.41) is 8.36. The van der Waals surface area contributed by atoms with Crippen molar-refractivity contribution in [3.63, 3.8) is 0 Å². The van der Waals surface area contributed by atoms with Crippen LogP contribution in [0.1, 0.15) is 56.5 Å². The van der Waals surface area contributed by atoms with E-state index in [2.05, 4.69) is 36.7 Å². The Morgan fingerprint density at radius 2 is 1.40 bits per heavy atom. The lowest BCUT2D eigenvalue weighted by molar-refractivity contribution is -0.118. The molecule has 2 aromatic carbocycles. The number of benzene rings is 2. The van der Waals surface area contributed by atoms with E-state index in [1.165, 1.54) is 0 Å². The summed E-state index contributed by atoms with van der Waals surface area (Å²) in [4.78, 5) is 36.7. The molecule has 158 valence electrons. The van der Waals surface area contributed by atoms with Gasteiger partial charge in [0.15, 0.2) is 0 Å². The highest BCUT2D eigenvalue weighted by Gasteiger charge is 2.29. The van der Waals surface area contributed by atoms with E-state index >= 15 is 0 Å². The number of amides is 3. The Morgan fingerprint density at radius 3 is 1.90 bits per heavy atom. The number of carbonyl (C=O) groups is 3. The predicted molar refractivity (Wildman–Crippen MR) is 118 cm³/mol. The van der Waals surface area contributed by atoms with Gasteiger partial charge in [0.05, 0.1) is 0 Å². The summed E-state index contributed by atoms with van der Waals surface area (Å²) in [5.74, 6) is -0.433. The zero-order valence-electron chi connectivity index (χ0n) is 17.9. The largest absolute Gasteiger partial charge is 0.341 e. The lowest BCUT2D eigenvalue weighted by atomic mass is 9.86. The van der Waals surface area contributed by atoms with Crippen molar-refractivity contribution in [2.75, 3.05) is 10.6 Å². The highest BCUT2D eigenvalue weighted by molar-refractivity contribution is 6.01. The zero-order chi connectivity index (χ0) is 21.9. The Balaban J connectivity index is 1.52. The Morgan fingerprint density at radius 1 is 0.867 bits per heavy atom. The molecule has 2 aromatic rings. The van der Waals surface area contributed by atoms with Gasteiger partial charge in [0.25, 0.3) is 5.91 Å². The highest BCUT2D eigenvalue weighted by atomic mass is 16.2. The fourth-order valence-corrected chi connectivity index (χ4v) is 2.94. The third-order valence-electron chi connectivity index (χ3n) is 5.12. The van der Waals surface area contributed by atoms with E-state index in [4.69, 9.17) is 0 Å². The first-order valence-electron chi connectivity index (χ1n) is 10.3. The van der Waals surface area contributed by atoms with Crippen LogP contribution in [-0.4, -0.2) is 23.8 Å². The van der Waals surface area contributed by atoms with Gasteiger partial charge >= 0.3 is 0 Å². The first-order valence-corrected chi connectivity index (χ1v) is 10.3. The number of carbonyl (C=O) groups excluding carboxylic acids is 3. The lowest BCUT2D eigenvalue weighted by Crippen LogP contribution is -2.41. The lowest BCUT2D eigenvalue weighted by Gasteiger charge is -2.19. The predicted octanol–water partition coefficient (Wildman–Crippen LogP) is 4.09. The molecule has 1 aliphatic carbocycles. The molecule has 1 saturated carbocycles. The van der Waals surface area contributed by atoms with Crippen LogP contribution >= 0.6 is 0 Å². The Bertz CT molecular complexity index is 924. The normalized spacial score (nSPS) is 14.5. The molecule has 30 heavy (non-hydrogen) atoms. The van der Waals surface area contributed by atoms with Crippen LogP contribution in [0.4, 0.5) is 11.4 Å². The van der Waals surface area contributed by atoms with Crippen LogP contribution in [0.2, 0.25) is 0 Å². The van der Waals surface area contributed by atoms with Gasteiger partial charge in [0.1, 0.15) is 6.04 Å². The van der Waals surface area contributed by atoms with E-state index in [9.17, 15) is 14.4 Å². The minimum atomic E-state index is -0.700. The van der Waals surface area contributed by atoms with E-state index in [1.54, 1.807) is 43.3 Å². The van der Waals surface area contributed by atoms with E-state index in [-0.39, 0.29) is 29.1 Å². The van der Waals surface area contributed by atoms with Gasteiger partial charge in [-0.05, 0) is 67.1 Å². The monoisotopic (exact) mass is 407 g/mol. The van der Waals surface area contributed by atoms with Gasteiger partial charge in [-0.1, -0.05) is 32.9 Å². The van der Waals surface area contributed by atoms with Crippen molar-refractivity contribution in [3.05, 3.63) is 59.7 Å². The van der Waals surface area contributed by atoms with E-state index in [0.29, 0.717) is 16.9 Å². The smallest absolute Gasteiger partial charge is 0.251 e. The molecule has 6 heteroatoms. The summed E-state index contributed by atoms with van der Waals surface area (Å²) in [7, 11) is 0. The van der Waals surface area contributed by atoms with E-state index in [1.807, 2.05) is 12.1 Å². The van der Waals surface area contributed by atoms with Gasteiger partial charge in [-0.25, -0.2) is 0 Å². The summed E-state index contributed by atoms with van der Waals surface area (Å²) in [5.41, 5.74) is 2.96. The molecule has 0 saturated heterocycles. The van der Waals surface area contributed by atoms with Crippen LogP contribution in [0.15, 0.2) is 48.5 Å². The SMILES string of the molecule is CC(NC(=O)c1ccc(C(C)(C)C)cc1)C(=O)Nc1ccc(NC(=O)C2CC2)cc1. The average Bonchev–Trinajstić information content (AvgIpc) is 3.54. The molecule has 3 rings (SSSR count). The minimum Gasteiger partial charge on any atom is -0.341 e. The van der Waals surface area contributed by atoms with Crippen molar-refractivity contribution in [2.45, 2.75) is 52.0 Å². The van der Waals surface area contributed by atoms with Crippen LogP contribution in [0.25, 0.3) is 0 Å². The minimum absolute atomic E-state index is 0.0123. The van der Waals surface area contributed by atoms with Gasteiger partial charge < -0.3 is 16.0 Å². The van der Waals surface area contributed by atoms with Crippen molar-refractivity contribution in [1.29, 1.82) is 0 Å². The highest BCUT2D eigenvalue weighted by Crippen LogP contribution is 2.30. The van der Waals surface area contributed by atoms with Crippen molar-refractivity contribution < 1.29 is 14.4 Å². The topological polar surface area (TPSA) is 87.3 Å². The molecule has 0 aliphatic heterocycles. The Hall–Kier alpha value is -3.15. The third-order valence-corrected chi connectivity index (χ3v) is 5.12. The molecule has 1 unspecified atom stereocenters. The Labute approximate surface area is 177 Å². The van der Waals surface area contributed by atoms with E-state index in [0.717, 1.165) is 18.4 Å². The molecule has 0 spiro atoms. The fourth-order valence-electron chi connectivity index (χ4n) is 2.94. The quantitative estimate of drug-likeness (QED) is 0.674. The van der Waals surface area contributed by atoms with Crippen LogP contribution < -0.4 is 16.0 Å². The standard InChI is InChI=1S/C24H29N3O3/c1-15(25-22(29)17-7-9-18(10-8-17)24(2,3)4)21(28)26-19-11-13-20(14-12-19)27-23(30)16-5-6-16/h7-16H,5-6H2,1-4H3,(H,25,29)(H,26,28)(H,27,30). The molecule has 1 fully saturated rings. The molecule has 3 N–H and O–H groups in total. The number of hydrogen-bond acceptors (Lipinski definition) is 3. The first-order chi connectivity index (χ1) is 14.1. The summed E-state index contributed by atoms with van der Waals surface area (Å²) in [6, 6.07) is 13.7. The number of rotatable bonds is 6. The molecule has 0 radical (unpaired) electrons. The van der Waals surface area contributed by atoms with Gasteiger partial charge in [0.2, 0.25) is 11.8 Å². The zero-order valence-corrected chi connectivity index (χ0v) is 17.9. The first kappa shape index (κ1) is 21.6. The number of hydrogen-bond donors (Lipinski definition) is 3. The van der Waals surface area contributed by atoms with Crippen LogP contribution in [0, 0.1) is 5.92 Å². The molecule has 1 aliphatic rings. The molecule has 0 aromatic heterocycles. The molecule has 3 amide bonds. The van der Waals surface area contributed by atoms with Crippen molar-refractivity contribution >= 4 is 29.1 Å². The van der Waals surface area contributed by atoms with Crippen molar-refractivity contribution in [2.24, 2.45) is 5.92 Å². The number of nitrogens with one attached hydrogen (secondary N) is 3. The second-order valence-corrected chi connectivity index (χ2v) is 8.85. The maximum atomic E-state index is 12.4. The second-order valence-electron chi connectivity index (χ2n) is 8.85. The third kappa shape index (κ3) is 5.69. The summed E-state index contributed by atoms with van der Waals surface area (Å²) in [6.45, 7) is 7.98. The van der Waals surface area contributed by atoms with Gasteiger partial charge in [-0.15, -0.1) is 0 Å². The molecular formula is C24H29N3O3. The van der Waals surface area contributed by atoms with Crippen molar-refractivity contribution in [1.82, 2.24) is 5.32 Å². The van der Waals surface area contributed by atoms with Gasteiger partial charge in [-0.2, -0.15) is 0 Å². The van der Waals surface area contributed by atoms with Gasteiger partial charge in [0, 0.05) is 22.9 Å². The molecular weight excluding hydrogens is 378 g/mol. The maximum Gasteiger partial charge on any atom is 0.251 e. The van der Waals surface area contributed by atoms with Crippen LogP contribution in [-0.2, 0) is 15.0 Å². The number of anilines is 2. The van der Waals surface area contributed by atoms with Crippen LogP contribution in [0.5, 0.6) is 0 Å². The Kier molecular flexibility index (Phi) is 6.25. The summed E-state index contributed by atoms with van der Waals surface area (Å²) < 4.78 is 0.